The van der Waals surface area contributed by atoms with E-state index in [4.69, 9.17) is 0 Å². The highest BCUT2D eigenvalue weighted by Gasteiger charge is 2.28. The van der Waals surface area contributed by atoms with E-state index in [0.717, 1.165) is 39.7 Å². The normalized spacial score (nSPS) is 17.6. The van der Waals surface area contributed by atoms with Gasteiger partial charge in [0.05, 0.1) is 0 Å². The smallest absolute Gasteiger partial charge is 0.164 e. The molecule has 0 spiro atoms. The zero-order valence-corrected chi connectivity index (χ0v) is 15.5. The molecule has 1 heterocycles. The molecular formula is C18H22N2OS2. The lowest BCUT2D eigenvalue weighted by atomic mass is 9.82. The molecule has 3 rings (SSSR count). The fraction of sp³-hybridized carbons (Fsp3) is 0.444. The summed E-state index contributed by atoms with van der Waals surface area (Å²) in [5.74, 6) is 1.71. The predicted octanol–water partition coefficient (Wildman–Crippen LogP) is 4.23. The summed E-state index contributed by atoms with van der Waals surface area (Å²) in [5.41, 5.74) is 3.31. The number of benzene rings is 1. The highest BCUT2D eigenvalue weighted by Crippen LogP contribution is 2.39. The van der Waals surface area contributed by atoms with E-state index in [2.05, 4.69) is 43.0 Å². The van der Waals surface area contributed by atoms with Gasteiger partial charge in [0.15, 0.2) is 5.78 Å². The Kier molecular flexibility index (Phi) is 5.19. The molecule has 1 atom stereocenters. The van der Waals surface area contributed by atoms with Crippen LogP contribution in [0.15, 0.2) is 28.6 Å². The van der Waals surface area contributed by atoms with Gasteiger partial charge in [-0.25, -0.2) is 4.98 Å². The van der Waals surface area contributed by atoms with Crippen LogP contribution in [-0.4, -0.2) is 42.1 Å². The number of nitrogens with zero attached hydrogens (tertiary/aromatic N) is 2. The molecule has 1 unspecified atom stereocenters. The van der Waals surface area contributed by atoms with Gasteiger partial charge in [0.2, 0.25) is 0 Å². The van der Waals surface area contributed by atoms with E-state index < -0.39 is 0 Å². The molecule has 0 saturated carbocycles. The molecule has 1 aliphatic carbocycles. The number of Topliss-reactive ketones (excluding diaryl/α,β-unsaturated/α-hetero) is 1. The minimum Gasteiger partial charge on any atom is -0.309 e. The molecule has 1 aliphatic rings. The van der Waals surface area contributed by atoms with Crippen molar-refractivity contribution in [1.29, 1.82) is 0 Å². The Morgan fingerprint density at radius 3 is 2.87 bits per heavy atom. The van der Waals surface area contributed by atoms with Gasteiger partial charge in [0.1, 0.15) is 5.01 Å². The summed E-state index contributed by atoms with van der Waals surface area (Å²) in [6, 6.07) is 4.27. The number of carbonyl (C=O) groups is 1. The van der Waals surface area contributed by atoms with Gasteiger partial charge in [-0.05, 0) is 38.1 Å². The second-order valence-electron chi connectivity index (χ2n) is 6.39. The maximum atomic E-state index is 12.7. The average Bonchev–Trinajstić information content (AvgIpc) is 3.00. The second-order valence-corrected chi connectivity index (χ2v) is 8.42. The summed E-state index contributed by atoms with van der Waals surface area (Å²) in [5, 5.41) is 3.02. The third-order valence-corrected chi connectivity index (χ3v) is 5.94. The summed E-state index contributed by atoms with van der Waals surface area (Å²) >= 11 is 3.44. The van der Waals surface area contributed by atoms with Crippen LogP contribution in [0.1, 0.15) is 29.3 Å². The van der Waals surface area contributed by atoms with Gasteiger partial charge >= 0.3 is 0 Å². The lowest BCUT2D eigenvalue weighted by Gasteiger charge is -2.25. The Morgan fingerprint density at radius 1 is 1.35 bits per heavy atom. The Hall–Kier alpha value is -1.17. The van der Waals surface area contributed by atoms with Crippen LogP contribution in [0.2, 0.25) is 0 Å². The summed E-state index contributed by atoms with van der Waals surface area (Å²) < 4.78 is 0. The largest absolute Gasteiger partial charge is 0.309 e. The standard InChI is InChI=1S/C18H22N2OS2/c1-12-10-14-13(18-19-6-8-23-18)4-5-16(17(14)15(21)11-12)22-9-7-20(2)3/h4-6,8,12H,7,9-11H2,1-3H3. The summed E-state index contributed by atoms with van der Waals surface area (Å²) in [6.07, 6.45) is 3.47. The number of rotatable bonds is 5. The number of fused-ring (bicyclic) bond motifs is 1. The first-order valence-electron chi connectivity index (χ1n) is 7.92. The van der Waals surface area contributed by atoms with Gasteiger partial charge in [-0.2, -0.15) is 0 Å². The van der Waals surface area contributed by atoms with Gasteiger partial charge in [-0.15, -0.1) is 23.1 Å². The van der Waals surface area contributed by atoms with Gasteiger partial charge in [-0.3, -0.25) is 4.79 Å². The number of thiazole rings is 1. The Morgan fingerprint density at radius 2 is 2.17 bits per heavy atom. The van der Waals surface area contributed by atoms with Crippen LogP contribution in [0.3, 0.4) is 0 Å². The van der Waals surface area contributed by atoms with Crippen molar-refractivity contribution in [1.82, 2.24) is 9.88 Å². The highest BCUT2D eigenvalue weighted by molar-refractivity contribution is 7.99. The summed E-state index contributed by atoms with van der Waals surface area (Å²) in [6.45, 7) is 3.18. The van der Waals surface area contributed by atoms with Crippen molar-refractivity contribution in [3.63, 3.8) is 0 Å². The number of hydrogen-bond acceptors (Lipinski definition) is 5. The molecule has 122 valence electrons. The number of aromatic nitrogens is 1. The molecule has 0 saturated heterocycles. The SMILES string of the molecule is CC1CC(=O)c2c(SCCN(C)C)ccc(-c3nccs3)c2C1. The van der Waals surface area contributed by atoms with E-state index in [-0.39, 0.29) is 0 Å². The molecule has 23 heavy (non-hydrogen) atoms. The number of ketones is 1. The zero-order chi connectivity index (χ0) is 16.4. The summed E-state index contributed by atoms with van der Waals surface area (Å²) in [7, 11) is 4.16. The Bertz CT molecular complexity index is 695. The zero-order valence-electron chi connectivity index (χ0n) is 13.8. The molecule has 0 N–H and O–H groups in total. The van der Waals surface area contributed by atoms with Gasteiger partial charge < -0.3 is 4.90 Å². The average molecular weight is 347 g/mol. The van der Waals surface area contributed by atoms with E-state index in [9.17, 15) is 4.79 Å². The second kappa shape index (κ2) is 7.16. The monoisotopic (exact) mass is 346 g/mol. The lowest BCUT2D eigenvalue weighted by molar-refractivity contribution is 0.0950. The lowest BCUT2D eigenvalue weighted by Crippen LogP contribution is -2.20. The van der Waals surface area contributed by atoms with Gasteiger partial charge in [0, 0.05) is 46.3 Å². The number of carbonyl (C=O) groups excluding carboxylic acids is 1. The Balaban J connectivity index is 2.00. The van der Waals surface area contributed by atoms with Crippen LogP contribution in [0.5, 0.6) is 0 Å². The number of thioether (sulfide) groups is 1. The topological polar surface area (TPSA) is 33.2 Å². The van der Waals surface area contributed by atoms with Gasteiger partial charge in [-0.1, -0.05) is 13.0 Å². The first kappa shape index (κ1) is 16.7. The van der Waals surface area contributed by atoms with Crippen molar-refractivity contribution in [2.75, 3.05) is 26.4 Å². The molecule has 0 amide bonds. The number of hydrogen-bond donors (Lipinski definition) is 0. The van der Waals surface area contributed by atoms with Crippen molar-refractivity contribution in [2.24, 2.45) is 5.92 Å². The molecule has 5 heteroatoms. The Labute approximate surface area is 146 Å². The van der Waals surface area contributed by atoms with Crippen molar-refractivity contribution < 1.29 is 4.79 Å². The van der Waals surface area contributed by atoms with Crippen LogP contribution in [0, 0.1) is 5.92 Å². The van der Waals surface area contributed by atoms with E-state index in [0.29, 0.717) is 18.1 Å². The van der Waals surface area contributed by atoms with E-state index >= 15 is 0 Å². The molecule has 0 fully saturated rings. The molecule has 1 aromatic carbocycles. The van der Waals surface area contributed by atoms with Crippen LogP contribution in [-0.2, 0) is 6.42 Å². The van der Waals surface area contributed by atoms with Crippen LogP contribution in [0.25, 0.3) is 10.6 Å². The quantitative estimate of drug-likeness (QED) is 0.759. The predicted molar refractivity (Wildman–Crippen MR) is 98.6 cm³/mol. The first-order chi connectivity index (χ1) is 11.1. The maximum absolute atomic E-state index is 12.7. The molecule has 2 aromatic rings. The molecule has 0 bridgehead atoms. The fourth-order valence-electron chi connectivity index (χ4n) is 3.00. The summed E-state index contributed by atoms with van der Waals surface area (Å²) in [4.78, 5) is 20.5. The van der Waals surface area contributed by atoms with E-state index in [1.165, 1.54) is 5.56 Å². The minimum atomic E-state index is 0.296. The van der Waals surface area contributed by atoms with Crippen molar-refractivity contribution >= 4 is 28.9 Å². The van der Waals surface area contributed by atoms with Gasteiger partial charge in [0.25, 0.3) is 0 Å². The first-order valence-corrected chi connectivity index (χ1v) is 9.79. The third-order valence-electron chi connectivity index (χ3n) is 4.10. The van der Waals surface area contributed by atoms with Crippen molar-refractivity contribution in [2.45, 2.75) is 24.7 Å². The van der Waals surface area contributed by atoms with Crippen molar-refractivity contribution in [3.05, 3.63) is 34.8 Å². The van der Waals surface area contributed by atoms with E-state index in [1.54, 1.807) is 23.1 Å². The molecule has 3 nitrogen and oxygen atoms in total. The van der Waals surface area contributed by atoms with Crippen molar-refractivity contribution in [3.8, 4) is 10.6 Å². The van der Waals surface area contributed by atoms with Crippen LogP contribution < -0.4 is 0 Å². The van der Waals surface area contributed by atoms with Crippen LogP contribution >= 0.6 is 23.1 Å². The maximum Gasteiger partial charge on any atom is 0.164 e. The van der Waals surface area contributed by atoms with Crippen LogP contribution in [0.4, 0.5) is 0 Å². The molecule has 0 aliphatic heterocycles. The highest BCUT2D eigenvalue weighted by atomic mass is 32.2. The van der Waals surface area contributed by atoms with E-state index in [1.807, 2.05) is 11.6 Å². The minimum absolute atomic E-state index is 0.296. The third kappa shape index (κ3) is 3.67. The molecule has 0 radical (unpaired) electrons. The molecule has 1 aromatic heterocycles. The fourth-order valence-corrected chi connectivity index (χ4v) is 4.91. The molecular weight excluding hydrogens is 324 g/mol.